The Hall–Kier alpha value is -3.61. The SMILES string of the molecule is CC(=O)Nc1cccc(-c2ccc3c(c2)C(NC(=O)CCc2ccno2)CCO3)c1. The third-order valence-corrected chi connectivity index (χ3v) is 4.99. The Kier molecular flexibility index (Phi) is 5.79. The fourth-order valence-corrected chi connectivity index (χ4v) is 3.58. The number of aromatic nitrogens is 1. The molecule has 0 spiro atoms. The Morgan fingerprint density at radius 1 is 1.13 bits per heavy atom. The van der Waals surface area contributed by atoms with E-state index in [-0.39, 0.29) is 17.9 Å². The van der Waals surface area contributed by atoms with Crippen LogP contribution in [-0.2, 0) is 16.0 Å². The van der Waals surface area contributed by atoms with Gasteiger partial charge in [0.1, 0.15) is 11.5 Å². The molecule has 0 bridgehead atoms. The summed E-state index contributed by atoms with van der Waals surface area (Å²) in [7, 11) is 0. The van der Waals surface area contributed by atoms with E-state index in [0.29, 0.717) is 31.6 Å². The lowest BCUT2D eigenvalue weighted by molar-refractivity contribution is -0.122. The van der Waals surface area contributed by atoms with E-state index in [0.717, 1.165) is 28.1 Å². The van der Waals surface area contributed by atoms with Crippen LogP contribution in [0.5, 0.6) is 5.75 Å². The van der Waals surface area contributed by atoms with Gasteiger partial charge >= 0.3 is 0 Å². The quantitative estimate of drug-likeness (QED) is 0.649. The zero-order chi connectivity index (χ0) is 20.9. The Morgan fingerprint density at radius 3 is 2.80 bits per heavy atom. The van der Waals surface area contributed by atoms with Crippen LogP contribution in [0.1, 0.15) is 37.1 Å². The molecule has 1 aliphatic heterocycles. The van der Waals surface area contributed by atoms with Crippen LogP contribution in [0.15, 0.2) is 59.3 Å². The average molecular weight is 405 g/mol. The van der Waals surface area contributed by atoms with E-state index in [2.05, 4.69) is 15.8 Å². The van der Waals surface area contributed by atoms with Crippen molar-refractivity contribution in [2.75, 3.05) is 11.9 Å². The van der Waals surface area contributed by atoms with Crippen molar-refractivity contribution in [3.8, 4) is 16.9 Å². The first kappa shape index (κ1) is 19.7. The third-order valence-electron chi connectivity index (χ3n) is 4.99. The fraction of sp³-hybridized carbons (Fsp3) is 0.261. The van der Waals surface area contributed by atoms with Gasteiger partial charge in [-0.15, -0.1) is 0 Å². The van der Waals surface area contributed by atoms with Crippen molar-refractivity contribution in [1.82, 2.24) is 10.5 Å². The minimum absolute atomic E-state index is 0.0395. The van der Waals surface area contributed by atoms with E-state index in [4.69, 9.17) is 9.26 Å². The number of hydrogen-bond acceptors (Lipinski definition) is 5. The largest absolute Gasteiger partial charge is 0.493 e. The first-order chi connectivity index (χ1) is 14.6. The molecule has 0 saturated heterocycles. The Balaban J connectivity index is 1.51. The van der Waals surface area contributed by atoms with E-state index < -0.39 is 0 Å². The standard InChI is InChI=1S/C23H23N3O4/c1-15(27)25-18-4-2-3-16(13-18)17-5-7-22-20(14-17)21(10-12-29-22)26-23(28)8-6-19-9-11-24-30-19/h2-5,7,9,11,13-14,21H,6,8,10,12H2,1H3,(H,25,27)(H,26,28). The van der Waals surface area contributed by atoms with Gasteiger partial charge in [-0.25, -0.2) is 0 Å². The third kappa shape index (κ3) is 4.68. The van der Waals surface area contributed by atoms with Crippen molar-refractivity contribution < 1.29 is 18.8 Å². The monoisotopic (exact) mass is 405 g/mol. The van der Waals surface area contributed by atoms with E-state index in [1.165, 1.54) is 6.92 Å². The zero-order valence-corrected chi connectivity index (χ0v) is 16.7. The van der Waals surface area contributed by atoms with Gasteiger partial charge in [0, 0.05) is 43.5 Å². The molecule has 1 aromatic heterocycles. The molecule has 0 saturated carbocycles. The molecule has 2 aromatic carbocycles. The van der Waals surface area contributed by atoms with Gasteiger partial charge in [-0.2, -0.15) is 0 Å². The molecule has 7 nitrogen and oxygen atoms in total. The minimum Gasteiger partial charge on any atom is -0.493 e. The fourth-order valence-electron chi connectivity index (χ4n) is 3.58. The number of carbonyl (C=O) groups is 2. The highest BCUT2D eigenvalue weighted by molar-refractivity contribution is 5.89. The number of aryl methyl sites for hydroxylation is 1. The highest BCUT2D eigenvalue weighted by Gasteiger charge is 2.23. The van der Waals surface area contributed by atoms with Gasteiger partial charge in [0.15, 0.2) is 0 Å². The second-order valence-electron chi connectivity index (χ2n) is 7.25. The number of nitrogens with zero attached hydrogens (tertiary/aromatic N) is 1. The molecule has 2 heterocycles. The first-order valence-electron chi connectivity index (χ1n) is 9.92. The van der Waals surface area contributed by atoms with Crippen molar-refractivity contribution in [1.29, 1.82) is 0 Å². The smallest absolute Gasteiger partial charge is 0.221 e. The molecule has 0 fully saturated rings. The molecule has 3 aromatic rings. The topological polar surface area (TPSA) is 93.5 Å². The molecule has 1 aliphatic rings. The number of benzene rings is 2. The van der Waals surface area contributed by atoms with Crippen LogP contribution in [0.4, 0.5) is 5.69 Å². The summed E-state index contributed by atoms with van der Waals surface area (Å²) in [5.74, 6) is 1.32. The summed E-state index contributed by atoms with van der Waals surface area (Å²) < 4.78 is 10.8. The van der Waals surface area contributed by atoms with Crippen molar-refractivity contribution in [2.24, 2.45) is 0 Å². The number of carbonyl (C=O) groups excluding carboxylic acids is 2. The van der Waals surface area contributed by atoms with E-state index in [1.54, 1.807) is 12.3 Å². The molecule has 7 heteroatoms. The van der Waals surface area contributed by atoms with Crippen LogP contribution < -0.4 is 15.4 Å². The van der Waals surface area contributed by atoms with E-state index in [1.807, 2.05) is 42.5 Å². The Labute approximate surface area is 174 Å². The van der Waals surface area contributed by atoms with E-state index in [9.17, 15) is 9.59 Å². The van der Waals surface area contributed by atoms with Gasteiger partial charge in [-0.05, 0) is 35.4 Å². The van der Waals surface area contributed by atoms with Crippen LogP contribution in [0, 0.1) is 0 Å². The summed E-state index contributed by atoms with van der Waals surface area (Å²) in [6.45, 7) is 2.04. The predicted molar refractivity (Wildman–Crippen MR) is 112 cm³/mol. The number of amides is 2. The van der Waals surface area contributed by atoms with Gasteiger partial charge in [0.05, 0.1) is 18.8 Å². The summed E-state index contributed by atoms with van der Waals surface area (Å²) in [4.78, 5) is 23.8. The summed E-state index contributed by atoms with van der Waals surface area (Å²) in [5, 5.41) is 9.58. The van der Waals surface area contributed by atoms with Crippen molar-refractivity contribution in [2.45, 2.75) is 32.2 Å². The van der Waals surface area contributed by atoms with Crippen LogP contribution >= 0.6 is 0 Å². The van der Waals surface area contributed by atoms with Gasteiger partial charge in [-0.3, -0.25) is 9.59 Å². The first-order valence-corrected chi connectivity index (χ1v) is 9.92. The van der Waals surface area contributed by atoms with Crippen LogP contribution in [0.2, 0.25) is 0 Å². The number of rotatable bonds is 6. The molecule has 0 aliphatic carbocycles. The van der Waals surface area contributed by atoms with Crippen molar-refractivity contribution >= 4 is 17.5 Å². The van der Waals surface area contributed by atoms with Crippen LogP contribution in [0.25, 0.3) is 11.1 Å². The lowest BCUT2D eigenvalue weighted by Gasteiger charge is -2.27. The molecule has 2 amide bonds. The molecule has 0 radical (unpaired) electrons. The molecule has 4 rings (SSSR count). The maximum Gasteiger partial charge on any atom is 0.221 e. The second kappa shape index (κ2) is 8.82. The number of ether oxygens (including phenoxy) is 1. The maximum atomic E-state index is 12.5. The molecular weight excluding hydrogens is 382 g/mol. The number of fused-ring (bicyclic) bond motifs is 1. The second-order valence-corrected chi connectivity index (χ2v) is 7.25. The zero-order valence-electron chi connectivity index (χ0n) is 16.7. The lowest BCUT2D eigenvalue weighted by atomic mass is 9.95. The van der Waals surface area contributed by atoms with Crippen LogP contribution in [0.3, 0.4) is 0 Å². The van der Waals surface area contributed by atoms with Crippen LogP contribution in [-0.4, -0.2) is 23.6 Å². The van der Waals surface area contributed by atoms with Gasteiger partial charge < -0.3 is 19.9 Å². The Bertz CT molecular complexity index is 1050. The number of hydrogen-bond donors (Lipinski definition) is 2. The molecule has 154 valence electrons. The van der Waals surface area contributed by atoms with E-state index >= 15 is 0 Å². The summed E-state index contributed by atoms with van der Waals surface area (Å²) in [6.07, 6.45) is 3.12. The lowest BCUT2D eigenvalue weighted by Crippen LogP contribution is -2.32. The van der Waals surface area contributed by atoms with Crippen molar-refractivity contribution in [3.63, 3.8) is 0 Å². The maximum absolute atomic E-state index is 12.5. The van der Waals surface area contributed by atoms with Gasteiger partial charge in [0.2, 0.25) is 11.8 Å². The average Bonchev–Trinajstić information content (AvgIpc) is 3.26. The molecule has 2 N–H and O–H groups in total. The number of nitrogens with one attached hydrogen (secondary N) is 2. The molecule has 1 unspecified atom stereocenters. The highest BCUT2D eigenvalue weighted by atomic mass is 16.5. The highest BCUT2D eigenvalue weighted by Crippen LogP contribution is 2.36. The number of anilines is 1. The van der Waals surface area contributed by atoms with Gasteiger partial charge in [0.25, 0.3) is 0 Å². The summed E-state index contributed by atoms with van der Waals surface area (Å²) in [5.41, 5.74) is 3.67. The summed E-state index contributed by atoms with van der Waals surface area (Å²) in [6, 6.07) is 15.3. The van der Waals surface area contributed by atoms with Crippen molar-refractivity contribution in [3.05, 3.63) is 66.1 Å². The molecule has 30 heavy (non-hydrogen) atoms. The Morgan fingerprint density at radius 2 is 2.00 bits per heavy atom. The summed E-state index contributed by atoms with van der Waals surface area (Å²) >= 11 is 0. The molecule has 1 atom stereocenters. The normalized spacial score (nSPS) is 15.0. The predicted octanol–water partition coefficient (Wildman–Crippen LogP) is 3.87. The minimum atomic E-state index is -0.116. The van der Waals surface area contributed by atoms with Gasteiger partial charge in [-0.1, -0.05) is 23.4 Å². The molecular formula is C23H23N3O4.